The van der Waals surface area contributed by atoms with Gasteiger partial charge in [-0.3, -0.25) is 0 Å². The molecule has 1 rings (SSSR count). The SMILES string of the molecule is CCCS(=O)(=O)c1c(N)nsc1NC(C)COCC. The van der Waals surface area contributed by atoms with E-state index in [0.29, 0.717) is 24.6 Å². The Morgan fingerprint density at radius 2 is 2.16 bits per heavy atom. The van der Waals surface area contributed by atoms with E-state index in [1.807, 2.05) is 20.8 Å². The standard InChI is InChI=1S/C11H21N3O3S2/c1-4-6-19(15,16)9-10(12)14-18-11(9)13-8(3)7-17-5-2/h8,13H,4-7H2,1-3H3,(H2,12,14). The first-order chi connectivity index (χ1) is 8.92. The topological polar surface area (TPSA) is 94.3 Å². The quantitative estimate of drug-likeness (QED) is 0.760. The molecule has 8 heteroatoms. The highest BCUT2D eigenvalue weighted by atomic mass is 32.2. The van der Waals surface area contributed by atoms with Gasteiger partial charge in [0, 0.05) is 12.6 Å². The van der Waals surface area contributed by atoms with Crippen LogP contribution in [0, 0.1) is 0 Å². The van der Waals surface area contributed by atoms with Crippen LogP contribution in [-0.2, 0) is 14.6 Å². The molecule has 0 spiro atoms. The van der Waals surface area contributed by atoms with Gasteiger partial charge in [-0.05, 0) is 31.8 Å². The highest BCUT2D eigenvalue weighted by Crippen LogP contribution is 2.33. The van der Waals surface area contributed by atoms with Gasteiger partial charge < -0.3 is 15.8 Å². The molecule has 0 saturated carbocycles. The Morgan fingerprint density at radius 3 is 2.74 bits per heavy atom. The smallest absolute Gasteiger partial charge is 0.185 e. The van der Waals surface area contributed by atoms with Crippen molar-refractivity contribution in [2.24, 2.45) is 0 Å². The van der Waals surface area contributed by atoms with E-state index in [1.165, 1.54) is 0 Å². The Bertz CT molecular complexity index is 499. The van der Waals surface area contributed by atoms with Gasteiger partial charge in [-0.25, -0.2) is 8.42 Å². The van der Waals surface area contributed by atoms with E-state index in [0.717, 1.165) is 11.5 Å². The van der Waals surface area contributed by atoms with Crippen LogP contribution >= 0.6 is 11.5 Å². The lowest BCUT2D eigenvalue weighted by Gasteiger charge is -2.14. The molecule has 1 aromatic heterocycles. The summed E-state index contributed by atoms with van der Waals surface area (Å²) in [6.07, 6.45) is 0.547. The van der Waals surface area contributed by atoms with Crippen LogP contribution in [0.25, 0.3) is 0 Å². The van der Waals surface area contributed by atoms with E-state index < -0.39 is 9.84 Å². The summed E-state index contributed by atoms with van der Waals surface area (Å²) in [5.41, 5.74) is 5.68. The molecule has 6 nitrogen and oxygen atoms in total. The minimum Gasteiger partial charge on any atom is -0.382 e. The minimum absolute atomic E-state index is 0.00428. The van der Waals surface area contributed by atoms with Crippen LogP contribution in [0.15, 0.2) is 4.90 Å². The van der Waals surface area contributed by atoms with E-state index in [2.05, 4.69) is 9.69 Å². The number of ether oxygens (including phenoxy) is 1. The number of nitrogen functional groups attached to an aromatic ring is 1. The number of sulfone groups is 1. The number of hydrogen-bond donors (Lipinski definition) is 2. The minimum atomic E-state index is -3.37. The van der Waals surface area contributed by atoms with Gasteiger partial charge in [0.15, 0.2) is 15.7 Å². The number of rotatable bonds is 8. The molecule has 0 fully saturated rings. The summed E-state index contributed by atoms with van der Waals surface area (Å²) in [6, 6.07) is -0.00428. The van der Waals surface area contributed by atoms with Gasteiger partial charge in [0.25, 0.3) is 0 Å². The lowest BCUT2D eigenvalue weighted by molar-refractivity contribution is 0.141. The number of nitrogens with zero attached hydrogens (tertiary/aromatic N) is 1. The summed E-state index contributed by atoms with van der Waals surface area (Å²) in [5, 5.41) is 3.60. The van der Waals surface area contributed by atoms with Gasteiger partial charge in [-0.15, -0.1) is 0 Å². The zero-order valence-corrected chi connectivity index (χ0v) is 13.1. The lowest BCUT2D eigenvalue weighted by atomic mass is 10.3. The summed E-state index contributed by atoms with van der Waals surface area (Å²) < 4.78 is 33.5. The zero-order chi connectivity index (χ0) is 14.5. The van der Waals surface area contributed by atoms with Crippen LogP contribution in [0.1, 0.15) is 27.2 Å². The molecule has 1 aromatic rings. The number of hydrogen-bond acceptors (Lipinski definition) is 7. The van der Waals surface area contributed by atoms with Gasteiger partial charge in [0.05, 0.1) is 12.4 Å². The Kier molecular flexibility index (Phi) is 6.02. The van der Waals surface area contributed by atoms with E-state index >= 15 is 0 Å². The molecule has 110 valence electrons. The molecule has 0 bridgehead atoms. The van der Waals surface area contributed by atoms with Crippen molar-refractivity contribution in [1.29, 1.82) is 0 Å². The molecule has 19 heavy (non-hydrogen) atoms. The van der Waals surface area contributed by atoms with Crippen molar-refractivity contribution < 1.29 is 13.2 Å². The summed E-state index contributed by atoms with van der Waals surface area (Å²) in [7, 11) is -3.37. The highest BCUT2D eigenvalue weighted by molar-refractivity contribution is 7.91. The maximum Gasteiger partial charge on any atom is 0.185 e. The summed E-state index contributed by atoms with van der Waals surface area (Å²) in [4.78, 5) is 0.127. The molecule has 0 radical (unpaired) electrons. The fourth-order valence-electron chi connectivity index (χ4n) is 1.62. The number of anilines is 2. The van der Waals surface area contributed by atoms with Gasteiger partial charge in [-0.2, -0.15) is 4.37 Å². The molecule has 0 amide bonds. The maximum absolute atomic E-state index is 12.1. The molecular weight excluding hydrogens is 286 g/mol. The number of nitrogens with one attached hydrogen (secondary N) is 1. The summed E-state index contributed by atoms with van der Waals surface area (Å²) in [6.45, 7) is 6.77. The molecule has 0 aliphatic carbocycles. The molecule has 3 N–H and O–H groups in total. The molecule has 0 saturated heterocycles. The first-order valence-corrected chi connectivity index (χ1v) is 8.67. The van der Waals surface area contributed by atoms with Gasteiger partial charge in [-0.1, -0.05) is 6.92 Å². The van der Waals surface area contributed by atoms with Crippen molar-refractivity contribution in [3.05, 3.63) is 0 Å². The van der Waals surface area contributed by atoms with Gasteiger partial charge >= 0.3 is 0 Å². The second-order valence-electron chi connectivity index (χ2n) is 4.25. The Morgan fingerprint density at radius 1 is 1.47 bits per heavy atom. The third-order valence-electron chi connectivity index (χ3n) is 2.41. The largest absolute Gasteiger partial charge is 0.382 e. The molecule has 0 aliphatic heterocycles. The highest BCUT2D eigenvalue weighted by Gasteiger charge is 2.25. The fourth-order valence-corrected chi connectivity index (χ4v) is 4.34. The molecule has 0 aromatic carbocycles. The summed E-state index contributed by atoms with van der Waals surface area (Å²) in [5.74, 6) is 0.147. The molecule has 1 unspecified atom stereocenters. The third kappa shape index (κ3) is 4.32. The Labute approximate surface area is 118 Å². The second-order valence-corrected chi connectivity index (χ2v) is 7.07. The maximum atomic E-state index is 12.1. The first-order valence-electron chi connectivity index (χ1n) is 6.24. The normalized spacial score (nSPS) is 13.4. The third-order valence-corrected chi connectivity index (χ3v) is 5.31. The van der Waals surface area contributed by atoms with Crippen molar-refractivity contribution in [2.75, 3.05) is 30.0 Å². The van der Waals surface area contributed by atoms with Crippen LogP contribution in [0.3, 0.4) is 0 Å². The molecular formula is C11H21N3O3S2. The van der Waals surface area contributed by atoms with Gasteiger partial charge in [0.1, 0.15) is 9.90 Å². The van der Waals surface area contributed by atoms with Crippen LogP contribution < -0.4 is 11.1 Å². The zero-order valence-electron chi connectivity index (χ0n) is 11.5. The van der Waals surface area contributed by atoms with Crippen LogP contribution in [0.2, 0.25) is 0 Å². The van der Waals surface area contributed by atoms with Crippen molar-refractivity contribution >= 4 is 32.2 Å². The van der Waals surface area contributed by atoms with E-state index in [-0.39, 0.29) is 22.5 Å². The number of aromatic nitrogens is 1. The predicted octanol–water partition coefficient (Wildman–Crippen LogP) is 1.75. The fraction of sp³-hybridized carbons (Fsp3) is 0.727. The Balaban J connectivity index is 2.92. The van der Waals surface area contributed by atoms with Gasteiger partial charge in [0.2, 0.25) is 0 Å². The molecule has 1 heterocycles. The first kappa shape index (κ1) is 16.2. The van der Waals surface area contributed by atoms with Crippen LogP contribution in [-0.4, -0.2) is 37.8 Å². The summed E-state index contributed by atoms with van der Waals surface area (Å²) >= 11 is 1.07. The molecule has 1 atom stereocenters. The number of nitrogens with two attached hydrogens (primary N) is 1. The lowest BCUT2D eigenvalue weighted by Crippen LogP contribution is -2.22. The van der Waals surface area contributed by atoms with Crippen molar-refractivity contribution in [3.63, 3.8) is 0 Å². The Hall–Kier alpha value is -0.860. The average Bonchev–Trinajstić information content (AvgIpc) is 2.68. The van der Waals surface area contributed by atoms with Crippen molar-refractivity contribution in [2.45, 2.75) is 38.1 Å². The van der Waals surface area contributed by atoms with Crippen LogP contribution in [0.5, 0.6) is 0 Å². The average molecular weight is 307 g/mol. The predicted molar refractivity (Wildman–Crippen MR) is 78.4 cm³/mol. The van der Waals surface area contributed by atoms with Crippen LogP contribution in [0.4, 0.5) is 10.8 Å². The van der Waals surface area contributed by atoms with E-state index in [9.17, 15) is 8.42 Å². The van der Waals surface area contributed by atoms with E-state index in [4.69, 9.17) is 10.5 Å². The molecule has 0 aliphatic rings. The second kappa shape index (κ2) is 7.06. The van der Waals surface area contributed by atoms with E-state index in [1.54, 1.807) is 0 Å². The van der Waals surface area contributed by atoms with Crippen molar-refractivity contribution in [1.82, 2.24) is 4.37 Å². The van der Waals surface area contributed by atoms with Crippen molar-refractivity contribution in [3.8, 4) is 0 Å². The monoisotopic (exact) mass is 307 g/mol.